The minimum atomic E-state index is -1.12. The highest BCUT2D eigenvalue weighted by molar-refractivity contribution is 5.90. The number of nitrogens with one attached hydrogen (secondary N) is 1. The number of ether oxygens (including phenoxy) is 2. The lowest BCUT2D eigenvalue weighted by Crippen LogP contribution is -2.55. The van der Waals surface area contributed by atoms with Gasteiger partial charge >= 0.3 is 12.1 Å². The van der Waals surface area contributed by atoms with Crippen molar-refractivity contribution in [2.24, 2.45) is 11.8 Å². The summed E-state index contributed by atoms with van der Waals surface area (Å²) in [6.07, 6.45) is 8.52. The molecule has 2 N–H and O–H groups in total. The van der Waals surface area contributed by atoms with Crippen LogP contribution in [0.15, 0.2) is 47.3 Å². The van der Waals surface area contributed by atoms with Gasteiger partial charge in [0.2, 0.25) is 5.91 Å². The standard InChI is InChI=1S/C34H43N3O7/c38-31-26(22-10-3-1-4-11-22)17-18-29-36(31)19-8-2-5-12-23-15-9-16-28(23)44-34(42)35-30(24-13-6-7-14-24)32(39)37-21-25(43-29)20-27(37)33(40)41/h1,3-4,10-11,17-18,23-25,27-28,30H,2,5-9,12-16,19-21H2,(H,35,42)(H,40,41)/t23-,25-,27+,28-,30+/m1/s1. The number of fused-ring (bicyclic) bond motifs is 4. The summed E-state index contributed by atoms with van der Waals surface area (Å²) in [6.45, 7) is 0.512. The molecule has 0 unspecified atom stereocenters. The maximum Gasteiger partial charge on any atom is 0.408 e. The largest absolute Gasteiger partial charge is 0.480 e. The molecular weight excluding hydrogens is 562 g/mol. The van der Waals surface area contributed by atoms with Crippen molar-refractivity contribution in [2.45, 2.75) is 108 Å². The van der Waals surface area contributed by atoms with Crippen molar-refractivity contribution in [3.05, 3.63) is 52.8 Å². The first-order chi connectivity index (χ1) is 21.4. The summed E-state index contributed by atoms with van der Waals surface area (Å²) < 4.78 is 13.9. The van der Waals surface area contributed by atoms with Gasteiger partial charge in [0, 0.05) is 18.5 Å². The molecule has 10 heteroatoms. The Morgan fingerprint density at radius 1 is 0.818 bits per heavy atom. The van der Waals surface area contributed by atoms with Gasteiger partial charge in [-0.05, 0) is 74.5 Å². The van der Waals surface area contributed by atoms with Crippen LogP contribution in [-0.4, -0.2) is 63.4 Å². The second-order valence-corrected chi connectivity index (χ2v) is 12.9. The highest BCUT2D eigenvalue weighted by Gasteiger charge is 2.46. The molecule has 1 aromatic carbocycles. The summed E-state index contributed by atoms with van der Waals surface area (Å²) in [4.78, 5) is 54.8. The number of hydrogen-bond acceptors (Lipinski definition) is 6. The third-order valence-electron chi connectivity index (χ3n) is 10.1. The lowest BCUT2D eigenvalue weighted by molar-refractivity contribution is -0.149. The Morgan fingerprint density at radius 3 is 2.32 bits per heavy atom. The van der Waals surface area contributed by atoms with Crippen LogP contribution in [0.3, 0.4) is 0 Å². The van der Waals surface area contributed by atoms with E-state index < -0.39 is 36.2 Å². The van der Waals surface area contributed by atoms with E-state index in [9.17, 15) is 24.3 Å². The van der Waals surface area contributed by atoms with E-state index >= 15 is 0 Å². The van der Waals surface area contributed by atoms with Crippen molar-refractivity contribution in [1.82, 2.24) is 14.8 Å². The SMILES string of the molecule is O=C1N[C@@H](C2CCCC2)C(=O)N2C[C@@H](C[C@H]2C(=O)O)Oc2ccc(-c3ccccc3)c(=O)n2CCCCC[C@@H]2CCC[C@H]2O1. The molecule has 0 radical (unpaired) electrons. The maximum absolute atomic E-state index is 14.1. The number of pyridine rings is 1. The number of aromatic nitrogens is 1. The van der Waals surface area contributed by atoms with Gasteiger partial charge in [0.15, 0.2) is 5.88 Å². The average Bonchev–Trinajstić information content (AvgIpc) is 3.79. The number of amides is 2. The Balaban J connectivity index is 1.33. The molecule has 2 aromatic rings. The number of carboxylic acid groups (broad SMARTS) is 1. The van der Waals surface area contributed by atoms with Crippen LogP contribution in [0.2, 0.25) is 0 Å². The first kappa shape index (κ1) is 30.2. The van der Waals surface area contributed by atoms with Crippen LogP contribution >= 0.6 is 0 Å². The Bertz CT molecular complexity index is 1400. The fourth-order valence-electron chi connectivity index (χ4n) is 7.74. The van der Waals surface area contributed by atoms with Gasteiger partial charge < -0.3 is 24.8 Å². The van der Waals surface area contributed by atoms with Crippen molar-refractivity contribution in [1.29, 1.82) is 0 Å². The number of aliphatic carboxylic acids is 1. The van der Waals surface area contributed by atoms with E-state index in [4.69, 9.17) is 9.47 Å². The van der Waals surface area contributed by atoms with E-state index in [0.29, 0.717) is 18.0 Å². The van der Waals surface area contributed by atoms with Gasteiger partial charge in [0.05, 0.1) is 6.54 Å². The summed E-state index contributed by atoms with van der Waals surface area (Å²) in [5, 5.41) is 13.0. The van der Waals surface area contributed by atoms with Gasteiger partial charge in [-0.3, -0.25) is 14.2 Å². The molecule has 3 heterocycles. The van der Waals surface area contributed by atoms with Crippen LogP contribution in [0.4, 0.5) is 4.79 Å². The van der Waals surface area contributed by atoms with Crippen LogP contribution in [0.1, 0.15) is 77.0 Å². The average molecular weight is 606 g/mol. The van der Waals surface area contributed by atoms with Gasteiger partial charge in [-0.25, -0.2) is 9.59 Å². The molecular formula is C34H43N3O7. The van der Waals surface area contributed by atoms with Crippen LogP contribution in [-0.2, 0) is 20.9 Å². The van der Waals surface area contributed by atoms with Gasteiger partial charge in [0.25, 0.3) is 5.56 Å². The zero-order valence-corrected chi connectivity index (χ0v) is 25.2. The first-order valence-electron chi connectivity index (χ1n) is 16.4. The summed E-state index contributed by atoms with van der Waals surface area (Å²) in [7, 11) is 0. The van der Waals surface area contributed by atoms with Crippen molar-refractivity contribution in [3.63, 3.8) is 0 Å². The molecule has 3 fully saturated rings. The molecule has 4 aliphatic rings. The smallest absolute Gasteiger partial charge is 0.408 e. The molecule has 10 nitrogen and oxygen atoms in total. The van der Waals surface area contributed by atoms with Crippen LogP contribution in [0.5, 0.6) is 5.88 Å². The van der Waals surface area contributed by atoms with Crippen LogP contribution < -0.4 is 15.6 Å². The normalized spacial score (nSPS) is 28.6. The van der Waals surface area contributed by atoms with Crippen LogP contribution in [0, 0.1) is 11.8 Å². The molecule has 5 atom stereocenters. The lowest BCUT2D eigenvalue weighted by Gasteiger charge is -2.31. The Hall–Kier alpha value is -3.82. The van der Waals surface area contributed by atoms with E-state index in [1.807, 2.05) is 30.3 Å². The predicted octanol–water partition coefficient (Wildman–Crippen LogP) is 4.98. The predicted molar refractivity (Wildman–Crippen MR) is 163 cm³/mol. The Morgan fingerprint density at radius 2 is 1.55 bits per heavy atom. The van der Waals surface area contributed by atoms with Crippen molar-refractivity contribution in [2.75, 3.05) is 6.54 Å². The minimum absolute atomic E-state index is 0.0507. The summed E-state index contributed by atoms with van der Waals surface area (Å²) >= 11 is 0. The molecule has 2 amide bonds. The molecule has 1 aromatic heterocycles. The number of alkyl carbamates (subject to hydrolysis) is 1. The Labute approximate surface area is 257 Å². The number of carboxylic acids is 1. The van der Waals surface area contributed by atoms with Gasteiger partial charge in [0.1, 0.15) is 24.3 Å². The quantitative estimate of drug-likeness (QED) is 0.506. The summed E-state index contributed by atoms with van der Waals surface area (Å²) in [5.41, 5.74) is 1.24. The molecule has 0 spiro atoms. The van der Waals surface area contributed by atoms with Gasteiger partial charge in [-0.15, -0.1) is 0 Å². The molecule has 2 aliphatic heterocycles. The molecule has 6 rings (SSSR count). The summed E-state index contributed by atoms with van der Waals surface area (Å²) in [5.74, 6) is -0.963. The van der Waals surface area contributed by atoms with Crippen LogP contribution in [0.25, 0.3) is 11.1 Å². The van der Waals surface area contributed by atoms with E-state index in [-0.39, 0.29) is 36.5 Å². The zero-order valence-electron chi connectivity index (χ0n) is 25.2. The fourth-order valence-corrected chi connectivity index (χ4v) is 7.74. The van der Waals surface area contributed by atoms with E-state index in [0.717, 1.165) is 76.2 Å². The number of carbonyl (C=O) groups excluding carboxylic acids is 2. The number of nitrogens with zero attached hydrogens (tertiary/aromatic N) is 2. The second-order valence-electron chi connectivity index (χ2n) is 12.9. The zero-order chi connectivity index (χ0) is 30.6. The van der Waals surface area contributed by atoms with E-state index in [2.05, 4.69) is 5.32 Å². The molecule has 1 saturated heterocycles. The third kappa shape index (κ3) is 6.49. The topological polar surface area (TPSA) is 127 Å². The van der Waals surface area contributed by atoms with E-state index in [1.165, 1.54) is 4.90 Å². The number of rotatable bonds is 3. The second kappa shape index (κ2) is 13.4. The third-order valence-corrected chi connectivity index (χ3v) is 10.1. The fraction of sp³-hybridized carbons (Fsp3) is 0.588. The Kier molecular flexibility index (Phi) is 9.23. The minimum Gasteiger partial charge on any atom is -0.480 e. The first-order valence-corrected chi connectivity index (χ1v) is 16.4. The molecule has 236 valence electrons. The number of carbonyl (C=O) groups is 3. The number of benzene rings is 1. The van der Waals surface area contributed by atoms with Crippen molar-refractivity contribution >= 4 is 18.0 Å². The van der Waals surface area contributed by atoms with Crippen molar-refractivity contribution < 1.29 is 29.0 Å². The van der Waals surface area contributed by atoms with E-state index in [1.54, 1.807) is 16.7 Å². The summed E-state index contributed by atoms with van der Waals surface area (Å²) in [6, 6.07) is 11.1. The monoisotopic (exact) mass is 605 g/mol. The highest BCUT2D eigenvalue weighted by atomic mass is 16.6. The lowest BCUT2D eigenvalue weighted by atomic mass is 9.96. The molecule has 2 aliphatic carbocycles. The highest BCUT2D eigenvalue weighted by Crippen LogP contribution is 2.34. The molecule has 2 bridgehead atoms. The van der Waals surface area contributed by atoms with Gasteiger partial charge in [-0.1, -0.05) is 56.0 Å². The maximum atomic E-state index is 14.1. The number of hydrogen-bond donors (Lipinski definition) is 2. The van der Waals surface area contributed by atoms with Crippen molar-refractivity contribution in [3.8, 4) is 17.0 Å². The molecule has 2 saturated carbocycles. The molecule has 44 heavy (non-hydrogen) atoms. The van der Waals surface area contributed by atoms with Gasteiger partial charge in [-0.2, -0.15) is 0 Å².